The van der Waals surface area contributed by atoms with Crippen LogP contribution in [0.3, 0.4) is 0 Å². The Balaban J connectivity index is 2.68. The molecular weight excluding hydrogens is 196 g/mol. The van der Waals surface area contributed by atoms with Crippen LogP contribution in [0.4, 0.5) is 0 Å². The monoisotopic (exact) mass is 224 g/mol. The van der Waals surface area contributed by atoms with Crippen LogP contribution in [0.15, 0.2) is 4.99 Å². The van der Waals surface area contributed by atoms with E-state index >= 15 is 0 Å². The van der Waals surface area contributed by atoms with E-state index < -0.39 is 0 Å². The van der Waals surface area contributed by atoms with Gasteiger partial charge in [-0.2, -0.15) is 0 Å². The van der Waals surface area contributed by atoms with E-state index in [0.29, 0.717) is 5.41 Å². The molecule has 0 amide bonds. The molecule has 0 saturated heterocycles. The molecule has 2 nitrogen and oxygen atoms in total. The van der Waals surface area contributed by atoms with Gasteiger partial charge in [-0.05, 0) is 12.8 Å². The summed E-state index contributed by atoms with van der Waals surface area (Å²) in [6.45, 7) is 9.09. The van der Waals surface area contributed by atoms with Crippen LogP contribution < -0.4 is 0 Å². The van der Waals surface area contributed by atoms with Gasteiger partial charge in [0, 0.05) is 19.0 Å². The largest absolute Gasteiger partial charge is 0.361 e. The molecule has 1 rings (SSSR count). The van der Waals surface area contributed by atoms with Crippen LogP contribution in [0.1, 0.15) is 59.3 Å². The lowest BCUT2D eigenvalue weighted by Crippen LogP contribution is -2.37. The van der Waals surface area contributed by atoms with Gasteiger partial charge in [-0.25, -0.2) is 0 Å². The Hall–Kier alpha value is -0.530. The minimum Gasteiger partial charge on any atom is -0.361 e. The summed E-state index contributed by atoms with van der Waals surface area (Å²) in [6.07, 6.45) is 7.83. The van der Waals surface area contributed by atoms with Gasteiger partial charge in [0.05, 0.1) is 6.54 Å². The van der Waals surface area contributed by atoms with E-state index in [-0.39, 0.29) is 0 Å². The smallest absolute Gasteiger partial charge is 0.105 e. The lowest BCUT2D eigenvalue weighted by molar-refractivity contribution is 0.333. The first-order valence-electron chi connectivity index (χ1n) is 6.90. The fraction of sp³-hybridized carbons (Fsp3) is 0.929. The van der Waals surface area contributed by atoms with Gasteiger partial charge < -0.3 is 4.90 Å². The summed E-state index contributed by atoms with van der Waals surface area (Å²) in [6, 6.07) is 0. The highest BCUT2D eigenvalue weighted by molar-refractivity contribution is 5.88. The summed E-state index contributed by atoms with van der Waals surface area (Å²) < 4.78 is 0. The number of unbranched alkanes of at least 4 members (excludes halogenated alkanes) is 2. The molecule has 0 unspecified atom stereocenters. The molecule has 0 N–H and O–H groups in total. The average molecular weight is 224 g/mol. The average Bonchev–Trinajstić information content (AvgIpc) is 2.71. The molecule has 94 valence electrons. The van der Waals surface area contributed by atoms with Gasteiger partial charge in [0.2, 0.25) is 0 Å². The molecule has 1 heterocycles. The molecule has 16 heavy (non-hydrogen) atoms. The van der Waals surface area contributed by atoms with Crippen molar-refractivity contribution in [3.8, 4) is 0 Å². The molecule has 0 atom stereocenters. The van der Waals surface area contributed by atoms with Crippen LogP contribution in [0.25, 0.3) is 0 Å². The number of aliphatic imine (C=N–C) groups is 1. The molecule has 0 aromatic rings. The second-order valence-electron chi connectivity index (χ2n) is 5.39. The molecular formula is C14H28N2. The van der Waals surface area contributed by atoms with Crippen LogP contribution in [-0.2, 0) is 0 Å². The molecule has 1 aliphatic heterocycles. The normalized spacial score (nSPS) is 16.8. The third-order valence-electron chi connectivity index (χ3n) is 3.76. The SMILES string of the molecule is CCCCC(C)(CCCC)C1=NCCN1C. The van der Waals surface area contributed by atoms with Crippen LogP contribution in [0.5, 0.6) is 0 Å². The van der Waals surface area contributed by atoms with Crippen molar-refractivity contribution in [2.24, 2.45) is 10.4 Å². The first-order chi connectivity index (χ1) is 7.64. The highest BCUT2D eigenvalue weighted by atomic mass is 15.2. The van der Waals surface area contributed by atoms with Crippen LogP contribution in [-0.4, -0.2) is 30.9 Å². The van der Waals surface area contributed by atoms with Crippen molar-refractivity contribution >= 4 is 5.84 Å². The Kier molecular flexibility index (Phi) is 5.30. The third-order valence-corrected chi connectivity index (χ3v) is 3.76. The Morgan fingerprint density at radius 1 is 1.19 bits per heavy atom. The van der Waals surface area contributed by atoms with Gasteiger partial charge >= 0.3 is 0 Å². The summed E-state index contributed by atoms with van der Waals surface area (Å²) >= 11 is 0. The molecule has 0 spiro atoms. The van der Waals surface area contributed by atoms with Crippen LogP contribution >= 0.6 is 0 Å². The first-order valence-corrected chi connectivity index (χ1v) is 6.90. The van der Waals surface area contributed by atoms with Crippen molar-refractivity contribution in [1.82, 2.24) is 4.90 Å². The Morgan fingerprint density at radius 3 is 2.12 bits per heavy atom. The lowest BCUT2D eigenvalue weighted by Gasteiger charge is -2.34. The highest BCUT2D eigenvalue weighted by Gasteiger charge is 2.33. The quantitative estimate of drug-likeness (QED) is 0.643. The van der Waals surface area contributed by atoms with Crippen molar-refractivity contribution in [3.63, 3.8) is 0 Å². The first kappa shape index (κ1) is 13.5. The van der Waals surface area contributed by atoms with E-state index in [1.165, 1.54) is 44.4 Å². The molecule has 1 aliphatic rings. The number of nitrogens with zero attached hydrogens (tertiary/aromatic N) is 2. The predicted molar refractivity (Wildman–Crippen MR) is 72.1 cm³/mol. The maximum atomic E-state index is 4.74. The van der Waals surface area contributed by atoms with Gasteiger partial charge in [0.15, 0.2) is 0 Å². The minimum atomic E-state index is 0.331. The Labute approximate surface area is 101 Å². The molecule has 2 heteroatoms. The summed E-state index contributed by atoms with van der Waals surface area (Å²) in [5, 5.41) is 0. The summed E-state index contributed by atoms with van der Waals surface area (Å²) in [5.41, 5.74) is 0.331. The van der Waals surface area contributed by atoms with E-state index in [0.717, 1.165) is 13.1 Å². The van der Waals surface area contributed by atoms with Gasteiger partial charge in [0.25, 0.3) is 0 Å². The van der Waals surface area contributed by atoms with Gasteiger partial charge in [-0.3, -0.25) is 4.99 Å². The summed E-state index contributed by atoms with van der Waals surface area (Å²) in [5.74, 6) is 1.37. The number of likely N-dealkylation sites (N-methyl/N-ethyl adjacent to an activating group) is 1. The van der Waals surface area contributed by atoms with Gasteiger partial charge in [0.1, 0.15) is 5.84 Å². The zero-order valence-electron chi connectivity index (χ0n) is 11.6. The number of hydrogen-bond donors (Lipinski definition) is 0. The predicted octanol–water partition coefficient (Wildman–Crippen LogP) is 3.72. The number of rotatable bonds is 7. The number of hydrogen-bond acceptors (Lipinski definition) is 2. The fourth-order valence-corrected chi connectivity index (χ4v) is 2.67. The van der Waals surface area contributed by atoms with E-state index in [2.05, 4.69) is 32.7 Å². The molecule has 0 radical (unpaired) electrons. The molecule has 0 fully saturated rings. The van der Waals surface area contributed by atoms with E-state index in [9.17, 15) is 0 Å². The minimum absolute atomic E-state index is 0.331. The maximum absolute atomic E-state index is 4.74. The fourth-order valence-electron chi connectivity index (χ4n) is 2.67. The summed E-state index contributed by atoms with van der Waals surface area (Å²) in [7, 11) is 2.20. The molecule has 0 aromatic carbocycles. The highest BCUT2D eigenvalue weighted by Crippen LogP contribution is 2.34. The van der Waals surface area contributed by atoms with Crippen molar-refractivity contribution in [3.05, 3.63) is 0 Å². The van der Waals surface area contributed by atoms with Crippen molar-refractivity contribution in [2.45, 2.75) is 59.3 Å². The second kappa shape index (κ2) is 6.27. The molecule has 0 aromatic heterocycles. The van der Waals surface area contributed by atoms with Crippen molar-refractivity contribution in [1.29, 1.82) is 0 Å². The standard InChI is InChI=1S/C14H28N2/c1-5-7-9-14(3,10-8-6-2)13-15-11-12-16(13)4/h5-12H2,1-4H3. The third kappa shape index (κ3) is 3.23. The lowest BCUT2D eigenvalue weighted by atomic mass is 9.78. The van der Waals surface area contributed by atoms with Crippen LogP contribution in [0, 0.1) is 5.41 Å². The van der Waals surface area contributed by atoms with Gasteiger partial charge in [-0.1, -0.05) is 46.5 Å². The second-order valence-corrected chi connectivity index (χ2v) is 5.39. The zero-order valence-corrected chi connectivity index (χ0v) is 11.6. The van der Waals surface area contributed by atoms with E-state index in [4.69, 9.17) is 4.99 Å². The topological polar surface area (TPSA) is 15.6 Å². The maximum Gasteiger partial charge on any atom is 0.105 e. The zero-order chi connectivity index (χ0) is 12.0. The van der Waals surface area contributed by atoms with E-state index in [1.54, 1.807) is 0 Å². The Morgan fingerprint density at radius 2 is 1.75 bits per heavy atom. The summed E-state index contributed by atoms with van der Waals surface area (Å²) in [4.78, 5) is 7.10. The Bertz CT molecular complexity index is 225. The van der Waals surface area contributed by atoms with Crippen molar-refractivity contribution < 1.29 is 0 Å². The molecule has 0 bridgehead atoms. The van der Waals surface area contributed by atoms with E-state index in [1.807, 2.05) is 0 Å². The van der Waals surface area contributed by atoms with Crippen molar-refractivity contribution in [2.75, 3.05) is 20.1 Å². The molecule has 0 aliphatic carbocycles. The number of amidine groups is 1. The van der Waals surface area contributed by atoms with Gasteiger partial charge in [-0.15, -0.1) is 0 Å². The van der Waals surface area contributed by atoms with Crippen LogP contribution in [0.2, 0.25) is 0 Å². The molecule has 0 saturated carbocycles.